The van der Waals surface area contributed by atoms with Gasteiger partial charge >= 0.3 is 0 Å². The molecule has 0 aromatic heterocycles. The van der Waals surface area contributed by atoms with Crippen molar-refractivity contribution >= 4 is 5.69 Å². The molecule has 0 spiro atoms. The monoisotopic (exact) mass is 264 g/mol. The molecule has 1 aromatic carbocycles. The lowest BCUT2D eigenvalue weighted by Gasteiger charge is -2.25. The summed E-state index contributed by atoms with van der Waals surface area (Å²) in [5.74, 6) is 1.64. The maximum atomic E-state index is 5.64. The van der Waals surface area contributed by atoms with Crippen LogP contribution in [-0.2, 0) is 0 Å². The average molecular weight is 264 g/mol. The third-order valence-corrected chi connectivity index (χ3v) is 3.25. The van der Waals surface area contributed by atoms with Crippen LogP contribution in [0.1, 0.15) is 26.7 Å². The van der Waals surface area contributed by atoms with Crippen molar-refractivity contribution in [2.75, 3.05) is 31.6 Å². The fourth-order valence-electron chi connectivity index (χ4n) is 2.34. The van der Waals surface area contributed by atoms with Gasteiger partial charge in [0.1, 0.15) is 0 Å². The number of hydrogen-bond acceptors (Lipinski definition) is 4. The second-order valence-corrected chi connectivity index (χ2v) is 4.70. The highest BCUT2D eigenvalue weighted by atomic mass is 16.5. The molecule has 0 bridgehead atoms. The van der Waals surface area contributed by atoms with Gasteiger partial charge < -0.3 is 20.1 Å². The van der Waals surface area contributed by atoms with E-state index in [1.165, 1.54) is 0 Å². The van der Waals surface area contributed by atoms with Crippen LogP contribution in [0.5, 0.6) is 11.5 Å². The van der Waals surface area contributed by atoms with E-state index in [-0.39, 0.29) is 0 Å². The molecule has 0 saturated carbocycles. The van der Waals surface area contributed by atoms with Crippen LogP contribution in [0, 0.1) is 0 Å². The average Bonchev–Trinajstić information content (AvgIpc) is 2.43. The summed E-state index contributed by atoms with van der Waals surface area (Å²) < 4.78 is 11.2. The van der Waals surface area contributed by atoms with Crippen LogP contribution in [0.4, 0.5) is 5.69 Å². The molecule has 1 aliphatic rings. The Hall–Kier alpha value is -1.42. The molecule has 106 valence electrons. The van der Waals surface area contributed by atoms with Crippen molar-refractivity contribution in [1.82, 2.24) is 5.32 Å². The van der Waals surface area contributed by atoms with Crippen LogP contribution in [0.3, 0.4) is 0 Å². The third kappa shape index (κ3) is 4.03. The Labute approximate surface area is 115 Å². The molecule has 0 amide bonds. The Morgan fingerprint density at radius 3 is 2.47 bits per heavy atom. The molecule has 1 saturated heterocycles. The van der Waals surface area contributed by atoms with E-state index in [1.54, 1.807) is 0 Å². The van der Waals surface area contributed by atoms with Gasteiger partial charge in [0.15, 0.2) is 11.5 Å². The first-order chi connectivity index (χ1) is 9.33. The Morgan fingerprint density at radius 1 is 1.11 bits per heavy atom. The molecule has 4 nitrogen and oxygen atoms in total. The van der Waals surface area contributed by atoms with E-state index >= 15 is 0 Å². The van der Waals surface area contributed by atoms with E-state index in [0.29, 0.717) is 19.3 Å². The zero-order valence-electron chi connectivity index (χ0n) is 11.9. The second kappa shape index (κ2) is 7.24. The van der Waals surface area contributed by atoms with Gasteiger partial charge in [0, 0.05) is 17.8 Å². The quantitative estimate of drug-likeness (QED) is 0.829. The predicted molar refractivity (Wildman–Crippen MR) is 78.3 cm³/mol. The van der Waals surface area contributed by atoms with Crippen molar-refractivity contribution in [3.8, 4) is 11.5 Å². The minimum Gasteiger partial charge on any atom is -0.490 e. The number of nitrogens with one attached hydrogen (secondary N) is 2. The Bertz CT molecular complexity index is 390. The van der Waals surface area contributed by atoms with E-state index in [4.69, 9.17) is 9.47 Å². The molecular formula is C15H24N2O2. The van der Waals surface area contributed by atoms with Gasteiger partial charge in [-0.1, -0.05) is 0 Å². The smallest absolute Gasteiger partial charge is 0.163 e. The summed E-state index contributed by atoms with van der Waals surface area (Å²) in [5.41, 5.74) is 1.11. The fraction of sp³-hybridized carbons (Fsp3) is 0.600. The van der Waals surface area contributed by atoms with Crippen molar-refractivity contribution in [2.24, 2.45) is 0 Å². The number of ether oxygens (including phenoxy) is 2. The van der Waals surface area contributed by atoms with Gasteiger partial charge in [-0.3, -0.25) is 0 Å². The van der Waals surface area contributed by atoms with E-state index in [0.717, 1.165) is 43.1 Å². The van der Waals surface area contributed by atoms with Crippen LogP contribution in [-0.4, -0.2) is 32.3 Å². The first kappa shape index (κ1) is 14.0. The van der Waals surface area contributed by atoms with E-state index in [2.05, 4.69) is 16.7 Å². The minimum absolute atomic E-state index is 0.550. The van der Waals surface area contributed by atoms with Crippen molar-refractivity contribution in [1.29, 1.82) is 0 Å². The molecule has 1 heterocycles. The van der Waals surface area contributed by atoms with E-state index in [1.807, 2.05) is 26.0 Å². The number of anilines is 1. The predicted octanol–water partition coefficient (Wildman–Crippen LogP) is 2.65. The summed E-state index contributed by atoms with van der Waals surface area (Å²) in [7, 11) is 0. The van der Waals surface area contributed by atoms with Crippen molar-refractivity contribution in [3.05, 3.63) is 18.2 Å². The topological polar surface area (TPSA) is 42.5 Å². The van der Waals surface area contributed by atoms with Gasteiger partial charge in [0.2, 0.25) is 0 Å². The second-order valence-electron chi connectivity index (χ2n) is 4.70. The van der Waals surface area contributed by atoms with Crippen LogP contribution < -0.4 is 20.1 Å². The van der Waals surface area contributed by atoms with Gasteiger partial charge in [0.05, 0.1) is 13.2 Å². The molecule has 0 unspecified atom stereocenters. The highest BCUT2D eigenvalue weighted by molar-refractivity contribution is 5.55. The maximum absolute atomic E-state index is 5.64. The normalized spacial score (nSPS) is 16.1. The first-order valence-electron chi connectivity index (χ1n) is 7.20. The molecule has 19 heavy (non-hydrogen) atoms. The largest absolute Gasteiger partial charge is 0.490 e. The lowest BCUT2D eigenvalue weighted by molar-refractivity contribution is 0.288. The molecule has 0 aliphatic carbocycles. The minimum atomic E-state index is 0.550. The van der Waals surface area contributed by atoms with Crippen molar-refractivity contribution in [3.63, 3.8) is 0 Å². The Morgan fingerprint density at radius 2 is 1.79 bits per heavy atom. The van der Waals surface area contributed by atoms with Gasteiger partial charge in [-0.05, 0) is 51.9 Å². The molecule has 1 aromatic rings. The van der Waals surface area contributed by atoms with Crippen LogP contribution >= 0.6 is 0 Å². The molecular weight excluding hydrogens is 240 g/mol. The van der Waals surface area contributed by atoms with E-state index in [9.17, 15) is 0 Å². The number of rotatable bonds is 6. The summed E-state index contributed by atoms with van der Waals surface area (Å²) in [6.45, 7) is 7.46. The fourth-order valence-corrected chi connectivity index (χ4v) is 2.34. The lowest BCUT2D eigenvalue weighted by Crippen LogP contribution is -2.35. The standard InChI is InChI=1S/C15H24N2O2/c1-3-18-14-6-5-13(11-15(14)19-4-2)17-12-7-9-16-10-8-12/h5-6,11-12,16-17H,3-4,7-10H2,1-2H3. The summed E-state index contributed by atoms with van der Waals surface area (Å²) in [6.07, 6.45) is 2.33. The van der Waals surface area contributed by atoms with E-state index < -0.39 is 0 Å². The SMILES string of the molecule is CCOc1ccc(NC2CCNCC2)cc1OCC. The van der Waals surface area contributed by atoms with Crippen molar-refractivity contribution in [2.45, 2.75) is 32.7 Å². The van der Waals surface area contributed by atoms with Crippen molar-refractivity contribution < 1.29 is 9.47 Å². The summed E-state index contributed by atoms with van der Waals surface area (Å²) in [4.78, 5) is 0. The number of benzene rings is 1. The van der Waals surface area contributed by atoms with Gasteiger partial charge in [-0.2, -0.15) is 0 Å². The maximum Gasteiger partial charge on any atom is 0.163 e. The van der Waals surface area contributed by atoms with Gasteiger partial charge in [-0.25, -0.2) is 0 Å². The first-order valence-corrected chi connectivity index (χ1v) is 7.20. The molecule has 4 heteroatoms. The summed E-state index contributed by atoms with van der Waals surface area (Å²) >= 11 is 0. The van der Waals surface area contributed by atoms with Crippen LogP contribution in [0.25, 0.3) is 0 Å². The number of piperidine rings is 1. The molecule has 0 radical (unpaired) electrons. The lowest BCUT2D eigenvalue weighted by atomic mass is 10.1. The Balaban J connectivity index is 2.05. The summed E-state index contributed by atoms with van der Waals surface area (Å²) in [6, 6.07) is 6.64. The van der Waals surface area contributed by atoms with Crippen LogP contribution in [0.2, 0.25) is 0 Å². The molecule has 2 N–H and O–H groups in total. The van der Waals surface area contributed by atoms with Gasteiger partial charge in [0.25, 0.3) is 0 Å². The molecule has 2 rings (SSSR count). The summed E-state index contributed by atoms with van der Waals surface area (Å²) in [5, 5.41) is 6.95. The highest BCUT2D eigenvalue weighted by Crippen LogP contribution is 2.31. The molecule has 1 aliphatic heterocycles. The molecule has 0 atom stereocenters. The zero-order chi connectivity index (χ0) is 13.5. The third-order valence-electron chi connectivity index (χ3n) is 3.25. The highest BCUT2D eigenvalue weighted by Gasteiger charge is 2.13. The van der Waals surface area contributed by atoms with Crippen LogP contribution in [0.15, 0.2) is 18.2 Å². The molecule has 1 fully saturated rings. The Kier molecular flexibility index (Phi) is 5.33. The van der Waals surface area contributed by atoms with Gasteiger partial charge in [-0.15, -0.1) is 0 Å². The number of hydrogen-bond donors (Lipinski definition) is 2. The zero-order valence-corrected chi connectivity index (χ0v) is 11.9.